The van der Waals surface area contributed by atoms with Crippen LogP contribution < -0.4 is 10.6 Å². The number of nitrogens with one attached hydrogen (secondary N) is 2. The Morgan fingerprint density at radius 1 is 1.12 bits per heavy atom. The summed E-state index contributed by atoms with van der Waals surface area (Å²) >= 11 is 0. The highest BCUT2D eigenvalue weighted by Gasteiger charge is 2.47. The molecule has 3 aliphatic rings. The molecule has 0 aromatic carbocycles. The molecule has 4 heteroatoms. The van der Waals surface area contributed by atoms with Crippen LogP contribution in [0.3, 0.4) is 0 Å². The van der Waals surface area contributed by atoms with E-state index < -0.39 is 0 Å². The van der Waals surface area contributed by atoms with Crippen molar-refractivity contribution in [3.63, 3.8) is 0 Å². The predicted molar refractivity (Wildman–Crippen MR) is 59.9 cm³/mol. The number of rotatable bonds is 3. The molecule has 0 radical (unpaired) electrons. The van der Waals surface area contributed by atoms with Crippen molar-refractivity contribution in [3.05, 3.63) is 0 Å². The number of hydrogen-bond donors (Lipinski definition) is 3. The first-order valence-electron chi connectivity index (χ1n) is 6.46. The van der Waals surface area contributed by atoms with Gasteiger partial charge in [-0.3, -0.25) is 0 Å². The molecule has 3 saturated carbocycles. The SMILES string of the molecule is O=C(NC1CC1)NC1C2CCC(C2)C1CO. The van der Waals surface area contributed by atoms with Crippen molar-refractivity contribution in [1.82, 2.24) is 10.6 Å². The molecule has 3 rings (SSSR count). The Morgan fingerprint density at radius 3 is 2.56 bits per heavy atom. The number of carbonyl (C=O) groups is 1. The first kappa shape index (κ1) is 10.4. The fourth-order valence-corrected chi connectivity index (χ4v) is 3.50. The van der Waals surface area contributed by atoms with Gasteiger partial charge in [0.2, 0.25) is 0 Å². The number of aliphatic hydroxyl groups excluding tert-OH is 1. The first-order valence-corrected chi connectivity index (χ1v) is 6.46. The van der Waals surface area contributed by atoms with Crippen molar-refractivity contribution in [1.29, 1.82) is 0 Å². The zero-order valence-electron chi connectivity index (χ0n) is 9.48. The molecule has 4 atom stereocenters. The van der Waals surface area contributed by atoms with Gasteiger partial charge in [-0.25, -0.2) is 4.79 Å². The molecule has 0 aromatic heterocycles. The molecular formula is C12H20N2O2. The van der Waals surface area contributed by atoms with Gasteiger partial charge in [0.15, 0.2) is 0 Å². The highest BCUT2D eigenvalue weighted by Crippen LogP contribution is 2.48. The summed E-state index contributed by atoms with van der Waals surface area (Å²) in [5, 5.41) is 15.4. The molecule has 4 unspecified atom stereocenters. The summed E-state index contributed by atoms with van der Waals surface area (Å²) in [6.45, 7) is 0.218. The van der Waals surface area contributed by atoms with Crippen molar-refractivity contribution in [2.24, 2.45) is 17.8 Å². The van der Waals surface area contributed by atoms with Crippen molar-refractivity contribution in [2.75, 3.05) is 6.61 Å². The normalized spacial score (nSPS) is 41.1. The van der Waals surface area contributed by atoms with Gasteiger partial charge in [-0.05, 0) is 43.9 Å². The van der Waals surface area contributed by atoms with Crippen LogP contribution >= 0.6 is 0 Å². The first-order chi connectivity index (χ1) is 7.78. The lowest BCUT2D eigenvalue weighted by Gasteiger charge is -2.30. The molecule has 0 heterocycles. The van der Waals surface area contributed by atoms with Crippen LogP contribution in [-0.4, -0.2) is 29.8 Å². The summed E-state index contributed by atoms with van der Waals surface area (Å²) in [5.41, 5.74) is 0. The molecule has 4 nitrogen and oxygen atoms in total. The summed E-state index contributed by atoms with van der Waals surface area (Å²) < 4.78 is 0. The second-order valence-corrected chi connectivity index (χ2v) is 5.60. The van der Waals surface area contributed by atoms with Gasteiger partial charge in [0.1, 0.15) is 0 Å². The van der Waals surface area contributed by atoms with Crippen LogP contribution in [0.5, 0.6) is 0 Å². The van der Waals surface area contributed by atoms with Crippen LogP contribution in [0.2, 0.25) is 0 Å². The Bertz CT molecular complexity index is 291. The molecule has 0 saturated heterocycles. The molecule has 3 N–H and O–H groups in total. The van der Waals surface area contributed by atoms with Gasteiger partial charge in [-0.1, -0.05) is 0 Å². The Kier molecular flexibility index (Phi) is 2.54. The van der Waals surface area contributed by atoms with Crippen LogP contribution in [0.15, 0.2) is 0 Å². The number of amides is 2. The minimum absolute atomic E-state index is 0.0292. The fourth-order valence-electron chi connectivity index (χ4n) is 3.50. The van der Waals surface area contributed by atoms with Crippen molar-refractivity contribution < 1.29 is 9.90 Å². The van der Waals surface area contributed by atoms with E-state index in [1.165, 1.54) is 19.3 Å². The summed E-state index contributed by atoms with van der Waals surface area (Å²) in [5.74, 6) is 1.54. The maximum absolute atomic E-state index is 11.7. The van der Waals surface area contributed by atoms with Crippen LogP contribution in [0, 0.1) is 17.8 Å². The van der Waals surface area contributed by atoms with E-state index in [0.717, 1.165) is 12.8 Å². The summed E-state index contributed by atoms with van der Waals surface area (Å²) in [4.78, 5) is 11.7. The van der Waals surface area contributed by atoms with E-state index in [9.17, 15) is 9.90 Å². The number of hydrogen-bond acceptors (Lipinski definition) is 2. The van der Waals surface area contributed by atoms with E-state index in [2.05, 4.69) is 10.6 Å². The van der Waals surface area contributed by atoms with E-state index in [1.54, 1.807) is 0 Å². The summed E-state index contributed by atoms with van der Waals surface area (Å²) in [6.07, 6.45) is 5.88. The molecule has 0 spiro atoms. The van der Waals surface area contributed by atoms with Crippen molar-refractivity contribution >= 4 is 6.03 Å². The minimum atomic E-state index is -0.0292. The van der Waals surface area contributed by atoms with E-state index in [4.69, 9.17) is 0 Å². The second-order valence-electron chi connectivity index (χ2n) is 5.60. The largest absolute Gasteiger partial charge is 0.396 e. The molecule has 2 amide bonds. The zero-order chi connectivity index (χ0) is 11.1. The van der Waals surface area contributed by atoms with E-state index in [-0.39, 0.29) is 18.7 Å². The van der Waals surface area contributed by atoms with Gasteiger partial charge in [-0.15, -0.1) is 0 Å². The average molecular weight is 224 g/mol. The Hall–Kier alpha value is -0.770. The minimum Gasteiger partial charge on any atom is -0.396 e. The molecule has 0 aromatic rings. The van der Waals surface area contributed by atoms with E-state index in [0.29, 0.717) is 23.8 Å². The molecule has 3 aliphatic carbocycles. The highest BCUT2D eigenvalue weighted by atomic mass is 16.3. The number of carbonyl (C=O) groups excluding carboxylic acids is 1. The third-order valence-electron chi connectivity index (χ3n) is 4.51. The van der Waals surface area contributed by atoms with Crippen molar-refractivity contribution in [2.45, 2.75) is 44.2 Å². The Balaban J connectivity index is 1.58. The number of aliphatic hydroxyl groups is 1. The van der Waals surface area contributed by atoms with Crippen LogP contribution in [0.4, 0.5) is 4.79 Å². The third-order valence-corrected chi connectivity index (χ3v) is 4.51. The lowest BCUT2D eigenvalue weighted by atomic mass is 9.85. The smallest absolute Gasteiger partial charge is 0.315 e. The molecular weight excluding hydrogens is 204 g/mol. The average Bonchev–Trinajstić information content (AvgIpc) is 2.86. The van der Waals surface area contributed by atoms with Gasteiger partial charge in [0.05, 0.1) is 0 Å². The van der Waals surface area contributed by atoms with Crippen LogP contribution in [0.25, 0.3) is 0 Å². The molecule has 3 fully saturated rings. The topological polar surface area (TPSA) is 61.4 Å². The lowest BCUT2D eigenvalue weighted by Crippen LogP contribution is -2.49. The number of urea groups is 1. The predicted octanol–water partition coefficient (Wildman–Crippen LogP) is 0.855. The zero-order valence-corrected chi connectivity index (χ0v) is 9.48. The Morgan fingerprint density at radius 2 is 1.88 bits per heavy atom. The van der Waals surface area contributed by atoms with Crippen molar-refractivity contribution in [3.8, 4) is 0 Å². The van der Waals surface area contributed by atoms with E-state index >= 15 is 0 Å². The molecule has 0 aliphatic heterocycles. The van der Waals surface area contributed by atoms with Gasteiger partial charge in [0.25, 0.3) is 0 Å². The third kappa shape index (κ3) is 1.79. The van der Waals surface area contributed by atoms with Gasteiger partial charge in [0, 0.05) is 24.6 Å². The van der Waals surface area contributed by atoms with E-state index in [1.807, 2.05) is 0 Å². The fraction of sp³-hybridized carbons (Fsp3) is 0.917. The summed E-state index contributed by atoms with van der Waals surface area (Å²) in [7, 11) is 0. The maximum Gasteiger partial charge on any atom is 0.315 e. The van der Waals surface area contributed by atoms with Gasteiger partial charge in [-0.2, -0.15) is 0 Å². The molecule has 16 heavy (non-hydrogen) atoms. The highest BCUT2D eigenvalue weighted by molar-refractivity contribution is 5.75. The van der Waals surface area contributed by atoms with Gasteiger partial charge >= 0.3 is 6.03 Å². The van der Waals surface area contributed by atoms with Gasteiger partial charge < -0.3 is 15.7 Å². The standard InChI is InChI=1S/C12H20N2O2/c15-6-10-7-1-2-8(5-7)11(10)14-12(16)13-9-3-4-9/h7-11,15H,1-6H2,(H2,13,14,16). The monoisotopic (exact) mass is 224 g/mol. The Labute approximate surface area is 95.8 Å². The second kappa shape index (κ2) is 3.91. The van der Waals surface area contributed by atoms with Crippen LogP contribution in [-0.2, 0) is 0 Å². The quantitative estimate of drug-likeness (QED) is 0.665. The maximum atomic E-state index is 11.7. The number of fused-ring (bicyclic) bond motifs is 2. The summed E-state index contributed by atoms with van der Waals surface area (Å²) in [6, 6.07) is 0.590. The lowest BCUT2D eigenvalue weighted by molar-refractivity contribution is 0.144. The molecule has 90 valence electrons. The van der Waals surface area contributed by atoms with Crippen LogP contribution in [0.1, 0.15) is 32.1 Å². The molecule has 2 bridgehead atoms.